The first-order valence-corrected chi connectivity index (χ1v) is 6.53. The number of nitrogens with zero attached hydrogens (tertiary/aromatic N) is 1. The van der Waals surface area contributed by atoms with Gasteiger partial charge in [-0.25, -0.2) is 0 Å². The number of carbonyl (C=O) groups is 1. The second-order valence-corrected chi connectivity index (χ2v) is 5.09. The minimum Gasteiger partial charge on any atom is -0.497 e. The van der Waals surface area contributed by atoms with Crippen LogP contribution in [0.15, 0.2) is 18.2 Å². The van der Waals surface area contributed by atoms with Crippen molar-refractivity contribution in [3.8, 4) is 5.75 Å². The normalized spacial score (nSPS) is 20.2. The molecule has 1 atom stereocenters. The Hall–Kier alpha value is -1.75. The average molecular weight is 263 g/mol. The Kier molecular flexibility index (Phi) is 4.27. The predicted octanol–water partition coefficient (Wildman–Crippen LogP) is 0.975. The number of rotatable bonds is 4. The van der Waals surface area contributed by atoms with E-state index in [1.54, 1.807) is 13.2 Å². The summed E-state index contributed by atoms with van der Waals surface area (Å²) in [6.45, 7) is 2.48. The maximum Gasteiger partial charge on any atom is 0.221 e. The van der Waals surface area contributed by atoms with Crippen molar-refractivity contribution in [3.05, 3.63) is 23.8 Å². The van der Waals surface area contributed by atoms with Gasteiger partial charge in [0.25, 0.3) is 0 Å². The Morgan fingerprint density at radius 1 is 1.47 bits per heavy atom. The minimum atomic E-state index is -0.199. The van der Waals surface area contributed by atoms with Gasteiger partial charge in [0.1, 0.15) is 5.75 Å². The van der Waals surface area contributed by atoms with Crippen molar-refractivity contribution < 1.29 is 9.53 Å². The van der Waals surface area contributed by atoms with Crippen molar-refractivity contribution in [1.29, 1.82) is 0 Å². The lowest BCUT2D eigenvalue weighted by atomic mass is 9.97. The molecule has 1 fully saturated rings. The van der Waals surface area contributed by atoms with Gasteiger partial charge in [-0.3, -0.25) is 9.69 Å². The quantitative estimate of drug-likeness (QED) is 0.793. The first-order valence-electron chi connectivity index (χ1n) is 6.53. The Balaban J connectivity index is 2.04. The van der Waals surface area contributed by atoms with E-state index in [4.69, 9.17) is 16.2 Å². The van der Waals surface area contributed by atoms with Gasteiger partial charge in [-0.15, -0.1) is 0 Å². The number of hydrogen-bond acceptors (Lipinski definition) is 4. The number of nitrogen functional groups attached to an aromatic ring is 1. The van der Waals surface area contributed by atoms with Crippen molar-refractivity contribution in [1.82, 2.24) is 4.90 Å². The molecule has 0 aliphatic carbocycles. The van der Waals surface area contributed by atoms with E-state index in [9.17, 15) is 4.79 Å². The fraction of sp³-hybridized carbons (Fsp3) is 0.500. The van der Waals surface area contributed by atoms with Crippen LogP contribution in [0.1, 0.15) is 18.4 Å². The third-order valence-corrected chi connectivity index (χ3v) is 3.54. The van der Waals surface area contributed by atoms with Crippen LogP contribution in [0.4, 0.5) is 5.69 Å². The molecule has 1 amide bonds. The Labute approximate surface area is 113 Å². The third-order valence-electron chi connectivity index (χ3n) is 3.54. The third kappa shape index (κ3) is 3.61. The highest BCUT2D eigenvalue weighted by molar-refractivity contribution is 5.76. The van der Waals surface area contributed by atoms with Gasteiger partial charge < -0.3 is 16.2 Å². The topological polar surface area (TPSA) is 81.6 Å². The molecule has 0 radical (unpaired) electrons. The van der Waals surface area contributed by atoms with Gasteiger partial charge in [0.05, 0.1) is 13.0 Å². The van der Waals surface area contributed by atoms with Crippen molar-refractivity contribution in [2.45, 2.75) is 19.4 Å². The molecule has 0 aromatic heterocycles. The van der Waals surface area contributed by atoms with E-state index in [0.29, 0.717) is 5.69 Å². The standard InChI is InChI=1S/C14H21N3O2/c1-19-13-6-10(5-12(15)7-13)8-17-4-2-3-11(9-17)14(16)18/h5-7,11H,2-4,8-9,15H2,1H3,(H2,16,18). The van der Waals surface area contributed by atoms with Crippen molar-refractivity contribution in [3.63, 3.8) is 0 Å². The summed E-state index contributed by atoms with van der Waals surface area (Å²) in [6, 6.07) is 5.71. The second kappa shape index (κ2) is 5.93. The maximum absolute atomic E-state index is 11.3. The fourth-order valence-electron chi connectivity index (χ4n) is 2.58. The van der Waals surface area contributed by atoms with Crippen LogP contribution in [0.3, 0.4) is 0 Å². The number of hydrogen-bond donors (Lipinski definition) is 2. The van der Waals surface area contributed by atoms with Crippen LogP contribution in [0, 0.1) is 5.92 Å². The molecule has 2 rings (SSSR count). The van der Waals surface area contributed by atoms with Crippen molar-refractivity contribution >= 4 is 11.6 Å². The van der Waals surface area contributed by atoms with Crippen LogP contribution in [0.2, 0.25) is 0 Å². The first kappa shape index (κ1) is 13.7. The van der Waals surface area contributed by atoms with Gasteiger partial charge in [0.15, 0.2) is 0 Å². The van der Waals surface area contributed by atoms with Gasteiger partial charge in [0, 0.05) is 24.8 Å². The molecule has 19 heavy (non-hydrogen) atoms. The van der Waals surface area contributed by atoms with Crippen molar-refractivity contribution in [2.75, 3.05) is 25.9 Å². The van der Waals surface area contributed by atoms with Crippen LogP contribution in [-0.4, -0.2) is 31.0 Å². The van der Waals surface area contributed by atoms with Crippen LogP contribution < -0.4 is 16.2 Å². The molecule has 4 N–H and O–H groups in total. The molecule has 104 valence electrons. The molecule has 5 heteroatoms. The SMILES string of the molecule is COc1cc(N)cc(CN2CCCC(C(N)=O)C2)c1. The van der Waals surface area contributed by atoms with E-state index in [2.05, 4.69) is 4.90 Å². The Morgan fingerprint density at radius 3 is 2.95 bits per heavy atom. The van der Waals surface area contributed by atoms with Gasteiger partial charge in [-0.05, 0) is 37.1 Å². The molecular weight excluding hydrogens is 242 g/mol. The van der Waals surface area contributed by atoms with E-state index in [1.165, 1.54) is 0 Å². The zero-order chi connectivity index (χ0) is 13.8. The summed E-state index contributed by atoms with van der Waals surface area (Å²) in [5.74, 6) is 0.532. The summed E-state index contributed by atoms with van der Waals surface area (Å²) < 4.78 is 5.21. The molecule has 1 aliphatic rings. The lowest BCUT2D eigenvalue weighted by Crippen LogP contribution is -2.40. The zero-order valence-corrected chi connectivity index (χ0v) is 11.3. The number of benzene rings is 1. The molecule has 1 aliphatic heterocycles. The number of likely N-dealkylation sites (tertiary alicyclic amines) is 1. The molecule has 0 spiro atoms. The summed E-state index contributed by atoms with van der Waals surface area (Å²) in [4.78, 5) is 13.5. The first-order chi connectivity index (χ1) is 9.08. The number of methoxy groups -OCH3 is 1. The molecule has 1 saturated heterocycles. The minimum absolute atomic E-state index is 0.0308. The number of ether oxygens (including phenoxy) is 1. The molecule has 1 aromatic carbocycles. The van der Waals surface area contributed by atoms with Gasteiger partial charge >= 0.3 is 0 Å². The highest BCUT2D eigenvalue weighted by Crippen LogP contribution is 2.22. The number of primary amides is 1. The van der Waals surface area contributed by atoms with Crippen LogP contribution in [-0.2, 0) is 11.3 Å². The number of carbonyl (C=O) groups excluding carboxylic acids is 1. The monoisotopic (exact) mass is 263 g/mol. The highest BCUT2D eigenvalue weighted by Gasteiger charge is 2.23. The molecule has 1 heterocycles. The molecule has 1 unspecified atom stereocenters. The van der Waals surface area contributed by atoms with E-state index in [-0.39, 0.29) is 11.8 Å². The molecule has 0 bridgehead atoms. The molecule has 5 nitrogen and oxygen atoms in total. The Morgan fingerprint density at radius 2 is 2.26 bits per heavy atom. The number of amides is 1. The van der Waals surface area contributed by atoms with Crippen molar-refractivity contribution in [2.24, 2.45) is 11.7 Å². The predicted molar refractivity (Wildman–Crippen MR) is 74.6 cm³/mol. The summed E-state index contributed by atoms with van der Waals surface area (Å²) in [5.41, 5.74) is 13.0. The van der Waals surface area contributed by atoms with E-state index in [0.717, 1.165) is 43.8 Å². The van der Waals surface area contributed by atoms with E-state index < -0.39 is 0 Å². The highest BCUT2D eigenvalue weighted by atomic mass is 16.5. The van der Waals surface area contributed by atoms with Gasteiger partial charge in [-0.2, -0.15) is 0 Å². The zero-order valence-electron chi connectivity index (χ0n) is 11.3. The largest absolute Gasteiger partial charge is 0.497 e. The number of piperidine rings is 1. The molecule has 0 saturated carbocycles. The van der Waals surface area contributed by atoms with Crippen LogP contribution in [0.25, 0.3) is 0 Å². The maximum atomic E-state index is 11.3. The van der Waals surface area contributed by atoms with Crippen LogP contribution in [0.5, 0.6) is 5.75 Å². The summed E-state index contributed by atoms with van der Waals surface area (Å²) in [5, 5.41) is 0. The Bertz CT molecular complexity index is 462. The lowest BCUT2D eigenvalue weighted by molar-refractivity contribution is -0.123. The summed E-state index contributed by atoms with van der Waals surface area (Å²) in [7, 11) is 1.63. The van der Waals surface area contributed by atoms with E-state index in [1.807, 2.05) is 12.1 Å². The fourth-order valence-corrected chi connectivity index (χ4v) is 2.58. The smallest absolute Gasteiger partial charge is 0.221 e. The second-order valence-electron chi connectivity index (χ2n) is 5.09. The number of anilines is 1. The average Bonchev–Trinajstić information content (AvgIpc) is 2.38. The number of nitrogens with two attached hydrogens (primary N) is 2. The summed E-state index contributed by atoms with van der Waals surface area (Å²) in [6.07, 6.45) is 1.90. The summed E-state index contributed by atoms with van der Waals surface area (Å²) >= 11 is 0. The molecule has 1 aromatic rings. The molecular formula is C14H21N3O2. The van der Waals surface area contributed by atoms with Gasteiger partial charge in [-0.1, -0.05) is 0 Å². The van der Waals surface area contributed by atoms with Gasteiger partial charge in [0.2, 0.25) is 5.91 Å². The lowest BCUT2D eigenvalue weighted by Gasteiger charge is -2.31. The van der Waals surface area contributed by atoms with Crippen LogP contribution >= 0.6 is 0 Å². The van der Waals surface area contributed by atoms with E-state index >= 15 is 0 Å².